The molecule has 1 N–H and O–H groups in total. The average Bonchev–Trinajstić information content (AvgIpc) is 2.58. The zero-order valence-electron chi connectivity index (χ0n) is 15.8. The first kappa shape index (κ1) is 19.0. The average molecular weight is 374 g/mol. The summed E-state index contributed by atoms with van der Waals surface area (Å²) in [5.74, 6) is 1.69. The van der Waals surface area contributed by atoms with Crippen molar-refractivity contribution in [2.24, 2.45) is 5.92 Å². The van der Waals surface area contributed by atoms with E-state index in [4.69, 9.17) is 4.42 Å². The molecule has 0 aliphatic heterocycles. The Kier molecular flexibility index (Phi) is 6.07. The molecule has 0 saturated heterocycles. The van der Waals surface area contributed by atoms with Crippen molar-refractivity contribution >= 4 is 28.6 Å². The Morgan fingerprint density at radius 1 is 1.19 bits per heavy atom. The number of amides is 1. The molecule has 1 aromatic carbocycles. The van der Waals surface area contributed by atoms with Crippen LogP contribution in [0.3, 0.4) is 0 Å². The van der Waals surface area contributed by atoms with Crippen LogP contribution in [-0.4, -0.2) is 17.7 Å². The summed E-state index contributed by atoms with van der Waals surface area (Å²) in [4.78, 5) is 24.1. The van der Waals surface area contributed by atoms with Crippen molar-refractivity contribution in [1.29, 1.82) is 0 Å². The number of fused-ring (bicyclic) bond motifs is 1. The van der Waals surface area contributed by atoms with E-state index in [1.807, 2.05) is 13.0 Å². The van der Waals surface area contributed by atoms with Gasteiger partial charge in [0.2, 0.25) is 5.91 Å². The number of thioether (sulfide) groups is 1. The van der Waals surface area contributed by atoms with Gasteiger partial charge in [-0.05, 0) is 61.4 Å². The smallest absolute Gasteiger partial charge is 0.336 e. The van der Waals surface area contributed by atoms with Crippen LogP contribution in [0.15, 0.2) is 27.4 Å². The molecule has 1 amide bonds. The molecule has 1 heterocycles. The zero-order chi connectivity index (χ0) is 18.7. The lowest BCUT2D eigenvalue weighted by atomic mass is 9.86. The highest BCUT2D eigenvalue weighted by molar-refractivity contribution is 7.99. The highest BCUT2D eigenvalue weighted by Gasteiger charge is 2.22. The number of carbonyl (C=O) groups is 1. The van der Waals surface area contributed by atoms with Gasteiger partial charge in [-0.1, -0.05) is 19.8 Å². The first-order valence-corrected chi connectivity index (χ1v) is 10.5. The van der Waals surface area contributed by atoms with Gasteiger partial charge in [-0.3, -0.25) is 4.79 Å². The van der Waals surface area contributed by atoms with Crippen LogP contribution >= 0.6 is 11.8 Å². The van der Waals surface area contributed by atoms with Crippen LogP contribution in [0.4, 0.5) is 0 Å². The van der Waals surface area contributed by atoms with E-state index in [9.17, 15) is 9.59 Å². The van der Waals surface area contributed by atoms with E-state index in [0.29, 0.717) is 29.0 Å². The van der Waals surface area contributed by atoms with Crippen molar-refractivity contribution in [3.63, 3.8) is 0 Å². The van der Waals surface area contributed by atoms with Crippen LogP contribution in [0.5, 0.6) is 0 Å². The molecule has 2 atom stereocenters. The van der Waals surface area contributed by atoms with Gasteiger partial charge in [-0.25, -0.2) is 4.79 Å². The summed E-state index contributed by atoms with van der Waals surface area (Å²) in [5.41, 5.74) is 3.49. The van der Waals surface area contributed by atoms with Crippen LogP contribution in [-0.2, 0) is 10.5 Å². The molecule has 26 heavy (non-hydrogen) atoms. The summed E-state index contributed by atoms with van der Waals surface area (Å²) in [6.45, 7) is 6.28. The fourth-order valence-electron chi connectivity index (χ4n) is 3.64. The first-order chi connectivity index (χ1) is 12.4. The van der Waals surface area contributed by atoms with Crippen molar-refractivity contribution < 1.29 is 9.21 Å². The van der Waals surface area contributed by atoms with E-state index in [0.717, 1.165) is 22.9 Å². The van der Waals surface area contributed by atoms with Crippen molar-refractivity contribution in [2.75, 3.05) is 5.75 Å². The highest BCUT2D eigenvalue weighted by atomic mass is 32.2. The molecule has 1 fully saturated rings. The van der Waals surface area contributed by atoms with Gasteiger partial charge < -0.3 is 9.73 Å². The van der Waals surface area contributed by atoms with Gasteiger partial charge in [0.05, 0.1) is 5.75 Å². The third-order valence-electron chi connectivity index (χ3n) is 5.39. The molecule has 1 saturated carbocycles. The van der Waals surface area contributed by atoms with Gasteiger partial charge in [-0.15, -0.1) is 11.8 Å². The number of nitrogens with one attached hydrogen (secondary N) is 1. The molecule has 1 aromatic heterocycles. The summed E-state index contributed by atoms with van der Waals surface area (Å²) in [5, 5.41) is 4.14. The van der Waals surface area contributed by atoms with Crippen molar-refractivity contribution in [3.8, 4) is 0 Å². The Bertz CT molecular complexity index is 858. The van der Waals surface area contributed by atoms with Crippen molar-refractivity contribution in [3.05, 3.63) is 45.3 Å². The molecule has 0 radical (unpaired) electrons. The monoisotopic (exact) mass is 373 g/mol. The lowest BCUT2D eigenvalue weighted by molar-refractivity contribution is -0.119. The van der Waals surface area contributed by atoms with E-state index in [-0.39, 0.29) is 11.5 Å². The highest BCUT2D eigenvalue weighted by Crippen LogP contribution is 2.26. The number of rotatable bonds is 5. The van der Waals surface area contributed by atoms with Gasteiger partial charge in [0.1, 0.15) is 5.58 Å². The lowest BCUT2D eigenvalue weighted by Gasteiger charge is -2.29. The summed E-state index contributed by atoms with van der Waals surface area (Å²) in [6, 6.07) is 5.84. The molecule has 0 spiro atoms. The maximum absolute atomic E-state index is 12.3. The second-order valence-corrected chi connectivity index (χ2v) is 8.44. The quantitative estimate of drug-likeness (QED) is 0.792. The molecule has 0 bridgehead atoms. The zero-order valence-corrected chi connectivity index (χ0v) is 16.6. The van der Waals surface area contributed by atoms with E-state index in [1.165, 1.54) is 24.8 Å². The first-order valence-electron chi connectivity index (χ1n) is 9.35. The van der Waals surface area contributed by atoms with E-state index in [2.05, 4.69) is 25.2 Å². The van der Waals surface area contributed by atoms with Crippen LogP contribution in [0.2, 0.25) is 0 Å². The molecule has 1 aliphatic rings. The molecule has 1 aliphatic carbocycles. The number of aryl methyl sites for hydroxylation is 2. The van der Waals surface area contributed by atoms with Crippen LogP contribution in [0.1, 0.15) is 49.3 Å². The molecular weight excluding hydrogens is 346 g/mol. The largest absolute Gasteiger partial charge is 0.423 e. The fraction of sp³-hybridized carbons (Fsp3) is 0.524. The van der Waals surface area contributed by atoms with Gasteiger partial charge in [-0.2, -0.15) is 0 Å². The predicted molar refractivity (Wildman–Crippen MR) is 108 cm³/mol. The predicted octanol–water partition coefficient (Wildman–Crippen LogP) is 4.34. The van der Waals surface area contributed by atoms with Crippen molar-refractivity contribution in [1.82, 2.24) is 5.32 Å². The van der Waals surface area contributed by atoms with Crippen LogP contribution in [0, 0.1) is 19.8 Å². The number of hydrogen-bond donors (Lipinski definition) is 1. The summed E-state index contributed by atoms with van der Waals surface area (Å²) in [6.07, 6.45) is 4.75. The Morgan fingerprint density at radius 3 is 2.69 bits per heavy atom. The minimum atomic E-state index is -0.336. The molecule has 0 unspecified atom stereocenters. The van der Waals surface area contributed by atoms with Crippen LogP contribution in [0.25, 0.3) is 11.0 Å². The van der Waals surface area contributed by atoms with Crippen LogP contribution < -0.4 is 10.9 Å². The third kappa shape index (κ3) is 4.50. The van der Waals surface area contributed by atoms with Gasteiger partial charge in [0.25, 0.3) is 0 Å². The topological polar surface area (TPSA) is 59.3 Å². The maximum atomic E-state index is 12.3. The Morgan fingerprint density at radius 2 is 1.92 bits per heavy atom. The summed E-state index contributed by atoms with van der Waals surface area (Å²) < 4.78 is 5.33. The molecule has 2 aromatic rings. The summed E-state index contributed by atoms with van der Waals surface area (Å²) >= 11 is 1.55. The number of carbonyl (C=O) groups excluding carboxylic acids is 1. The minimum Gasteiger partial charge on any atom is -0.423 e. The number of benzene rings is 1. The van der Waals surface area contributed by atoms with Crippen molar-refractivity contribution in [2.45, 2.75) is 58.2 Å². The Labute approximate surface area is 158 Å². The molecular formula is C21H27NO3S. The second-order valence-electron chi connectivity index (χ2n) is 7.45. The third-order valence-corrected chi connectivity index (χ3v) is 6.37. The Hall–Kier alpha value is -1.75. The molecule has 140 valence electrons. The normalized spacial score (nSPS) is 20.3. The molecule has 3 rings (SSSR count). The SMILES string of the molecule is Cc1cc2oc(=O)cc(CSCC(=O)N[C@H]3CCCC[C@H]3C)c2cc1C. The standard InChI is InChI=1S/C21H27NO3S/c1-13-6-4-5-7-18(13)22-20(23)12-26-11-16-10-21(24)25-19-9-15(3)14(2)8-17(16)19/h8-10,13,18H,4-7,11-12H2,1-3H3,(H,22,23)/t13-,18+/m1/s1. The lowest BCUT2D eigenvalue weighted by Crippen LogP contribution is -2.41. The second kappa shape index (κ2) is 8.30. The Balaban J connectivity index is 1.63. The molecule has 4 nitrogen and oxygen atoms in total. The fourth-order valence-corrected chi connectivity index (χ4v) is 4.46. The summed E-state index contributed by atoms with van der Waals surface area (Å²) in [7, 11) is 0. The molecule has 5 heteroatoms. The maximum Gasteiger partial charge on any atom is 0.336 e. The van der Waals surface area contributed by atoms with E-state index in [1.54, 1.807) is 17.8 Å². The van der Waals surface area contributed by atoms with Gasteiger partial charge in [0, 0.05) is 23.2 Å². The number of hydrogen-bond acceptors (Lipinski definition) is 4. The van der Waals surface area contributed by atoms with Gasteiger partial charge in [0.15, 0.2) is 0 Å². The van der Waals surface area contributed by atoms with E-state index >= 15 is 0 Å². The van der Waals surface area contributed by atoms with E-state index < -0.39 is 0 Å². The van der Waals surface area contributed by atoms with Gasteiger partial charge >= 0.3 is 5.63 Å². The minimum absolute atomic E-state index is 0.0908.